The van der Waals surface area contributed by atoms with Crippen molar-refractivity contribution in [3.63, 3.8) is 0 Å². The van der Waals surface area contributed by atoms with Gasteiger partial charge in [0, 0.05) is 12.6 Å². The normalized spacial score (nSPS) is 20.2. The van der Waals surface area contributed by atoms with Gasteiger partial charge in [0.05, 0.1) is 12.6 Å². The van der Waals surface area contributed by atoms with Crippen molar-refractivity contribution in [2.75, 3.05) is 13.1 Å². The molecule has 0 amide bonds. The highest BCUT2D eigenvalue weighted by Gasteiger charge is 2.39. The maximum Gasteiger partial charge on any atom is 0.401 e. The molecule has 0 aromatic rings. The lowest BCUT2D eigenvalue weighted by Crippen LogP contribution is -2.44. The van der Waals surface area contributed by atoms with E-state index >= 15 is 0 Å². The standard InChI is InChI=1S/C11H20F3NO/c1-10(2,3)9(16)6-15(8-4-5-8)7-11(12,13)14/h8-9,16H,4-7H2,1-3H3. The minimum Gasteiger partial charge on any atom is -0.391 e. The van der Waals surface area contributed by atoms with E-state index in [1.54, 1.807) is 0 Å². The van der Waals surface area contributed by atoms with Crippen LogP contribution in [0.15, 0.2) is 0 Å². The van der Waals surface area contributed by atoms with Crippen molar-refractivity contribution >= 4 is 0 Å². The summed E-state index contributed by atoms with van der Waals surface area (Å²) in [5.74, 6) is 0. The Kier molecular flexibility index (Phi) is 3.90. The smallest absolute Gasteiger partial charge is 0.391 e. The van der Waals surface area contributed by atoms with Gasteiger partial charge in [0.15, 0.2) is 0 Å². The van der Waals surface area contributed by atoms with Crippen LogP contribution in [-0.2, 0) is 0 Å². The first-order valence-corrected chi connectivity index (χ1v) is 5.58. The quantitative estimate of drug-likeness (QED) is 0.814. The predicted molar refractivity (Wildman–Crippen MR) is 56.1 cm³/mol. The van der Waals surface area contributed by atoms with Crippen LogP contribution in [0.1, 0.15) is 33.6 Å². The van der Waals surface area contributed by atoms with Crippen molar-refractivity contribution in [1.82, 2.24) is 4.90 Å². The van der Waals surface area contributed by atoms with Gasteiger partial charge in [0.2, 0.25) is 0 Å². The molecule has 0 aliphatic heterocycles. The maximum atomic E-state index is 12.3. The second kappa shape index (κ2) is 4.53. The summed E-state index contributed by atoms with van der Waals surface area (Å²) in [6.07, 6.45) is -3.28. The Morgan fingerprint density at radius 2 is 1.75 bits per heavy atom. The van der Waals surface area contributed by atoms with Crippen molar-refractivity contribution in [2.24, 2.45) is 5.41 Å². The van der Waals surface area contributed by atoms with E-state index in [2.05, 4.69) is 0 Å². The van der Waals surface area contributed by atoms with Gasteiger partial charge in [-0.05, 0) is 18.3 Å². The van der Waals surface area contributed by atoms with Gasteiger partial charge in [-0.3, -0.25) is 4.90 Å². The summed E-state index contributed by atoms with van der Waals surface area (Å²) in [7, 11) is 0. The van der Waals surface area contributed by atoms with Crippen molar-refractivity contribution in [1.29, 1.82) is 0 Å². The zero-order valence-corrected chi connectivity index (χ0v) is 10.0. The number of aliphatic hydroxyl groups is 1. The molecule has 96 valence electrons. The molecular weight excluding hydrogens is 219 g/mol. The van der Waals surface area contributed by atoms with Crippen LogP contribution < -0.4 is 0 Å². The third kappa shape index (κ3) is 4.70. The number of hydrogen-bond donors (Lipinski definition) is 1. The molecule has 0 aromatic carbocycles. The van der Waals surface area contributed by atoms with Crippen LogP contribution in [0.5, 0.6) is 0 Å². The Labute approximate surface area is 94.4 Å². The fourth-order valence-electron chi connectivity index (χ4n) is 1.51. The first-order valence-electron chi connectivity index (χ1n) is 5.58. The Hall–Kier alpha value is -0.290. The Bertz CT molecular complexity index is 230. The summed E-state index contributed by atoms with van der Waals surface area (Å²) in [5, 5.41) is 9.82. The molecule has 1 unspecified atom stereocenters. The largest absolute Gasteiger partial charge is 0.401 e. The molecule has 1 rings (SSSR count). The Balaban J connectivity index is 2.52. The molecule has 1 fully saturated rings. The number of aliphatic hydroxyl groups excluding tert-OH is 1. The van der Waals surface area contributed by atoms with E-state index in [0.717, 1.165) is 12.8 Å². The third-order valence-corrected chi connectivity index (χ3v) is 2.85. The highest BCUT2D eigenvalue weighted by molar-refractivity contribution is 4.88. The highest BCUT2D eigenvalue weighted by Crippen LogP contribution is 2.31. The predicted octanol–water partition coefficient (Wildman–Crippen LogP) is 2.42. The second-order valence-corrected chi connectivity index (χ2v) is 5.66. The van der Waals surface area contributed by atoms with E-state index < -0.39 is 18.8 Å². The lowest BCUT2D eigenvalue weighted by molar-refractivity contribution is -0.151. The average molecular weight is 239 g/mol. The fourth-order valence-corrected chi connectivity index (χ4v) is 1.51. The highest BCUT2D eigenvalue weighted by atomic mass is 19.4. The zero-order chi connectivity index (χ0) is 12.6. The molecule has 1 aliphatic rings. The molecule has 0 saturated heterocycles. The molecule has 1 saturated carbocycles. The molecule has 0 aromatic heterocycles. The summed E-state index contributed by atoms with van der Waals surface area (Å²) in [5.41, 5.74) is -0.376. The van der Waals surface area contributed by atoms with Crippen LogP contribution >= 0.6 is 0 Å². The summed E-state index contributed by atoms with van der Waals surface area (Å²) in [6.45, 7) is 4.68. The Morgan fingerprint density at radius 1 is 1.25 bits per heavy atom. The molecule has 1 atom stereocenters. The first-order chi connectivity index (χ1) is 7.09. The third-order valence-electron chi connectivity index (χ3n) is 2.85. The number of rotatable bonds is 4. The number of hydrogen-bond acceptors (Lipinski definition) is 2. The summed E-state index contributed by atoms with van der Waals surface area (Å²) < 4.78 is 37.0. The number of alkyl halides is 3. The van der Waals surface area contributed by atoms with E-state index in [4.69, 9.17) is 0 Å². The minimum atomic E-state index is -4.18. The van der Waals surface area contributed by atoms with Crippen LogP contribution in [0.25, 0.3) is 0 Å². The van der Waals surface area contributed by atoms with E-state index in [1.165, 1.54) is 4.90 Å². The monoisotopic (exact) mass is 239 g/mol. The van der Waals surface area contributed by atoms with Crippen molar-refractivity contribution in [3.05, 3.63) is 0 Å². The topological polar surface area (TPSA) is 23.5 Å². The second-order valence-electron chi connectivity index (χ2n) is 5.66. The first kappa shape index (κ1) is 13.8. The fraction of sp³-hybridized carbons (Fsp3) is 1.00. The molecule has 1 aliphatic carbocycles. The summed E-state index contributed by atoms with van der Waals surface area (Å²) >= 11 is 0. The van der Waals surface area contributed by atoms with Crippen molar-refractivity contribution in [3.8, 4) is 0 Å². The number of halogens is 3. The van der Waals surface area contributed by atoms with Gasteiger partial charge in [0.1, 0.15) is 0 Å². The van der Waals surface area contributed by atoms with Crippen LogP contribution in [0.4, 0.5) is 13.2 Å². The Morgan fingerprint density at radius 3 is 2.06 bits per heavy atom. The van der Waals surface area contributed by atoms with E-state index in [1.807, 2.05) is 20.8 Å². The van der Waals surface area contributed by atoms with Gasteiger partial charge in [-0.25, -0.2) is 0 Å². The summed E-state index contributed by atoms with van der Waals surface area (Å²) in [6, 6.07) is 0.0126. The van der Waals surface area contributed by atoms with Crippen LogP contribution in [0, 0.1) is 5.41 Å². The minimum absolute atomic E-state index is 0.0126. The molecule has 0 spiro atoms. The van der Waals surface area contributed by atoms with Crippen molar-refractivity contribution in [2.45, 2.75) is 51.9 Å². The van der Waals surface area contributed by atoms with E-state index in [9.17, 15) is 18.3 Å². The lowest BCUT2D eigenvalue weighted by atomic mass is 9.89. The molecule has 0 radical (unpaired) electrons. The van der Waals surface area contributed by atoms with E-state index in [0.29, 0.717) is 0 Å². The van der Waals surface area contributed by atoms with Gasteiger partial charge >= 0.3 is 6.18 Å². The molecule has 0 bridgehead atoms. The molecule has 5 heteroatoms. The van der Waals surface area contributed by atoms with Crippen LogP contribution in [0.3, 0.4) is 0 Å². The van der Waals surface area contributed by atoms with Gasteiger partial charge in [-0.1, -0.05) is 20.8 Å². The van der Waals surface area contributed by atoms with Crippen molar-refractivity contribution < 1.29 is 18.3 Å². The van der Waals surface area contributed by atoms with Gasteiger partial charge < -0.3 is 5.11 Å². The average Bonchev–Trinajstić information content (AvgIpc) is 2.79. The number of nitrogens with zero attached hydrogens (tertiary/aromatic N) is 1. The molecule has 1 N–H and O–H groups in total. The van der Waals surface area contributed by atoms with Gasteiger partial charge in [-0.15, -0.1) is 0 Å². The van der Waals surface area contributed by atoms with E-state index in [-0.39, 0.29) is 18.0 Å². The lowest BCUT2D eigenvalue weighted by Gasteiger charge is -2.32. The van der Waals surface area contributed by atoms with Crippen LogP contribution in [0.2, 0.25) is 0 Å². The van der Waals surface area contributed by atoms with Gasteiger partial charge in [0.25, 0.3) is 0 Å². The maximum absolute atomic E-state index is 12.3. The zero-order valence-electron chi connectivity index (χ0n) is 10.0. The molecular formula is C11H20F3NO. The van der Waals surface area contributed by atoms with Crippen LogP contribution in [-0.4, -0.2) is 41.4 Å². The molecule has 16 heavy (non-hydrogen) atoms. The summed E-state index contributed by atoms with van der Waals surface area (Å²) in [4.78, 5) is 1.36. The molecule has 2 nitrogen and oxygen atoms in total. The van der Waals surface area contributed by atoms with Gasteiger partial charge in [-0.2, -0.15) is 13.2 Å². The SMILES string of the molecule is CC(C)(C)C(O)CN(CC(F)(F)F)C1CC1. The molecule has 0 heterocycles.